The Morgan fingerprint density at radius 2 is 1.68 bits per heavy atom. The van der Waals surface area contributed by atoms with Gasteiger partial charge in [0, 0.05) is 37.4 Å². The van der Waals surface area contributed by atoms with Crippen molar-refractivity contribution in [1.82, 2.24) is 4.90 Å². The molecule has 0 amide bonds. The van der Waals surface area contributed by atoms with Gasteiger partial charge >= 0.3 is 0 Å². The summed E-state index contributed by atoms with van der Waals surface area (Å²) in [6.45, 7) is 10.5. The summed E-state index contributed by atoms with van der Waals surface area (Å²) in [5.74, 6) is 0. The first-order valence-electron chi connectivity index (χ1n) is 9.64. The summed E-state index contributed by atoms with van der Waals surface area (Å²) < 4.78 is 27.9. The van der Waals surface area contributed by atoms with Gasteiger partial charge in [0.2, 0.25) is 0 Å². The number of hydrogen-bond donors (Lipinski definition) is 2. The van der Waals surface area contributed by atoms with E-state index in [2.05, 4.69) is 35.3 Å². The molecule has 0 atom stereocenters. The molecule has 1 saturated heterocycles. The maximum absolute atomic E-state index is 12.7. The second-order valence-electron chi connectivity index (χ2n) is 8.19. The van der Waals surface area contributed by atoms with Crippen LogP contribution < -0.4 is 15.4 Å². The average molecular weight is 403 g/mol. The predicted molar refractivity (Wildman–Crippen MR) is 116 cm³/mol. The van der Waals surface area contributed by atoms with Crippen LogP contribution in [0.3, 0.4) is 0 Å². The van der Waals surface area contributed by atoms with Crippen LogP contribution in [-0.2, 0) is 10.0 Å². The second-order valence-corrected chi connectivity index (χ2v) is 9.87. The molecule has 1 fully saturated rings. The number of anilines is 3. The third kappa shape index (κ3) is 4.77. The number of nitrogens with one attached hydrogen (secondary N) is 1. The van der Waals surface area contributed by atoms with E-state index >= 15 is 0 Å². The summed E-state index contributed by atoms with van der Waals surface area (Å²) in [6, 6.07) is 13.8. The molecule has 2 aromatic rings. The number of hydrogen-bond acceptors (Lipinski definition) is 5. The van der Waals surface area contributed by atoms with Crippen LogP contribution in [0, 0.1) is 0 Å². The highest BCUT2D eigenvalue weighted by atomic mass is 32.2. The van der Waals surface area contributed by atoms with Gasteiger partial charge in [-0.2, -0.15) is 0 Å². The van der Waals surface area contributed by atoms with Crippen LogP contribution in [-0.4, -0.2) is 45.0 Å². The number of nitrogens with zero attached hydrogens (tertiary/aromatic N) is 2. The molecule has 0 bridgehead atoms. The number of nitrogen functional groups attached to an aromatic ring is 1. The number of para-hydroxylation sites is 1. The summed E-state index contributed by atoms with van der Waals surface area (Å²) in [5, 5.41) is 0. The van der Waals surface area contributed by atoms with Crippen LogP contribution in [0.2, 0.25) is 0 Å². The van der Waals surface area contributed by atoms with E-state index in [9.17, 15) is 8.42 Å². The molecule has 28 heavy (non-hydrogen) atoms. The quantitative estimate of drug-likeness (QED) is 0.767. The number of nitrogens with two attached hydrogens (primary N) is 1. The first-order chi connectivity index (χ1) is 13.2. The molecule has 3 N–H and O–H groups in total. The van der Waals surface area contributed by atoms with Crippen molar-refractivity contribution >= 4 is 27.1 Å². The fraction of sp³-hybridized carbons (Fsp3) is 0.429. The van der Waals surface area contributed by atoms with Gasteiger partial charge in [-0.3, -0.25) is 9.62 Å². The Hall–Kier alpha value is -2.25. The molecule has 2 aromatic carbocycles. The van der Waals surface area contributed by atoms with Gasteiger partial charge in [0.25, 0.3) is 10.0 Å². The number of rotatable bonds is 4. The Morgan fingerprint density at radius 3 is 2.32 bits per heavy atom. The van der Waals surface area contributed by atoms with Crippen LogP contribution >= 0.6 is 0 Å². The largest absolute Gasteiger partial charge is 0.397 e. The Bertz CT molecular complexity index is 908. The summed E-state index contributed by atoms with van der Waals surface area (Å²) in [6.07, 6.45) is 1.05. The zero-order valence-electron chi connectivity index (χ0n) is 16.9. The zero-order chi connectivity index (χ0) is 20.4. The summed E-state index contributed by atoms with van der Waals surface area (Å²) in [5.41, 5.74) is 8.32. The number of sulfonamides is 1. The van der Waals surface area contributed by atoms with E-state index in [-0.39, 0.29) is 10.4 Å². The van der Waals surface area contributed by atoms with Gasteiger partial charge in [0.1, 0.15) is 0 Å². The van der Waals surface area contributed by atoms with Gasteiger partial charge < -0.3 is 10.6 Å². The van der Waals surface area contributed by atoms with E-state index in [1.54, 1.807) is 36.4 Å². The van der Waals surface area contributed by atoms with Gasteiger partial charge in [0.05, 0.1) is 16.3 Å². The molecule has 6 nitrogen and oxygen atoms in total. The SMILES string of the molecule is CC(C)(C)N1CCCN(c2ccc(S(=O)(=O)Nc3ccccc3)cc2N)CC1. The normalized spacial score (nSPS) is 16.6. The van der Waals surface area contributed by atoms with Gasteiger partial charge in [-0.05, 0) is 57.5 Å². The van der Waals surface area contributed by atoms with Gasteiger partial charge in [-0.25, -0.2) is 8.42 Å². The first-order valence-corrected chi connectivity index (χ1v) is 11.1. The van der Waals surface area contributed by atoms with Crippen molar-refractivity contribution in [1.29, 1.82) is 0 Å². The van der Waals surface area contributed by atoms with Crippen molar-refractivity contribution in [2.75, 3.05) is 41.5 Å². The molecule has 7 heteroatoms. The molecular weight excluding hydrogens is 372 g/mol. The van der Waals surface area contributed by atoms with Crippen LogP contribution in [0.4, 0.5) is 17.1 Å². The van der Waals surface area contributed by atoms with Crippen molar-refractivity contribution in [3.8, 4) is 0 Å². The standard InChI is InChI=1S/C21H30N4O2S/c1-21(2,3)25-13-7-12-24(14-15-25)20-11-10-18(16-19(20)22)28(26,27)23-17-8-5-4-6-9-17/h4-6,8-11,16,23H,7,12-15,22H2,1-3H3. The van der Waals surface area contributed by atoms with E-state index < -0.39 is 10.0 Å². The van der Waals surface area contributed by atoms with Crippen molar-refractivity contribution in [3.63, 3.8) is 0 Å². The molecule has 3 rings (SSSR count). The lowest BCUT2D eigenvalue weighted by molar-refractivity contribution is 0.148. The monoisotopic (exact) mass is 402 g/mol. The maximum Gasteiger partial charge on any atom is 0.261 e. The number of benzene rings is 2. The molecule has 1 aliphatic heterocycles. The lowest BCUT2D eigenvalue weighted by Gasteiger charge is -2.34. The molecule has 1 heterocycles. The smallest absolute Gasteiger partial charge is 0.261 e. The van der Waals surface area contributed by atoms with E-state index in [4.69, 9.17) is 5.73 Å². The van der Waals surface area contributed by atoms with Crippen molar-refractivity contribution < 1.29 is 8.42 Å². The summed E-state index contributed by atoms with van der Waals surface area (Å²) in [7, 11) is -3.68. The lowest BCUT2D eigenvalue weighted by Crippen LogP contribution is -2.43. The van der Waals surface area contributed by atoms with E-state index in [0.717, 1.165) is 38.3 Å². The second kappa shape index (κ2) is 8.01. The van der Waals surface area contributed by atoms with E-state index in [1.165, 1.54) is 0 Å². The minimum absolute atomic E-state index is 0.141. The zero-order valence-corrected chi connectivity index (χ0v) is 17.7. The molecular formula is C21H30N4O2S. The van der Waals surface area contributed by atoms with Gasteiger partial charge in [-0.1, -0.05) is 18.2 Å². The Morgan fingerprint density at radius 1 is 0.964 bits per heavy atom. The van der Waals surface area contributed by atoms with E-state index in [0.29, 0.717) is 11.4 Å². The molecule has 0 radical (unpaired) electrons. The highest BCUT2D eigenvalue weighted by Gasteiger charge is 2.25. The Balaban J connectivity index is 1.77. The van der Waals surface area contributed by atoms with Gasteiger partial charge in [0.15, 0.2) is 0 Å². The molecule has 0 spiro atoms. The van der Waals surface area contributed by atoms with Crippen molar-refractivity contribution in [3.05, 3.63) is 48.5 Å². The first kappa shape index (κ1) is 20.5. The highest BCUT2D eigenvalue weighted by molar-refractivity contribution is 7.92. The van der Waals surface area contributed by atoms with Gasteiger partial charge in [-0.15, -0.1) is 0 Å². The fourth-order valence-corrected chi connectivity index (χ4v) is 4.63. The molecule has 0 aromatic heterocycles. The molecule has 0 saturated carbocycles. The predicted octanol–water partition coefficient (Wildman–Crippen LogP) is 3.38. The van der Waals surface area contributed by atoms with Crippen molar-refractivity contribution in [2.45, 2.75) is 37.6 Å². The molecule has 1 aliphatic rings. The topological polar surface area (TPSA) is 78.7 Å². The van der Waals surface area contributed by atoms with E-state index in [1.807, 2.05) is 12.1 Å². The third-order valence-corrected chi connectivity index (χ3v) is 6.50. The molecule has 0 aliphatic carbocycles. The van der Waals surface area contributed by atoms with Crippen molar-refractivity contribution in [2.24, 2.45) is 0 Å². The lowest BCUT2D eigenvalue weighted by atomic mass is 10.1. The summed E-state index contributed by atoms with van der Waals surface area (Å²) in [4.78, 5) is 4.90. The minimum atomic E-state index is -3.68. The average Bonchev–Trinajstić information content (AvgIpc) is 2.88. The van der Waals surface area contributed by atoms with Crippen LogP contribution in [0.15, 0.2) is 53.4 Å². The molecule has 0 unspecified atom stereocenters. The third-order valence-electron chi connectivity index (χ3n) is 5.12. The van der Waals surface area contributed by atoms with Crippen LogP contribution in [0.1, 0.15) is 27.2 Å². The Labute approximate surface area is 168 Å². The maximum atomic E-state index is 12.7. The minimum Gasteiger partial charge on any atom is -0.397 e. The molecule has 152 valence electrons. The Kier molecular flexibility index (Phi) is 5.86. The van der Waals surface area contributed by atoms with Crippen LogP contribution in [0.5, 0.6) is 0 Å². The highest BCUT2D eigenvalue weighted by Crippen LogP contribution is 2.29. The fourth-order valence-electron chi connectivity index (χ4n) is 3.54. The summed E-state index contributed by atoms with van der Waals surface area (Å²) >= 11 is 0. The van der Waals surface area contributed by atoms with Crippen LogP contribution in [0.25, 0.3) is 0 Å².